The number of aromatic amines is 3. The molecule has 6 saturated heterocycles. The highest BCUT2D eigenvalue weighted by molar-refractivity contribution is 7.48. The Kier molecular flexibility index (Phi) is 24.4. The molecule has 0 spiro atoms. The van der Waals surface area contributed by atoms with Gasteiger partial charge in [0.25, 0.3) is 16.7 Å². The zero-order chi connectivity index (χ0) is 85.4. The quantitative estimate of drug-likeness (QED) is 0.0176. The molecule has 5 unspecified atom stereocenters. The molecule has 6 aromatic heterocycles. The molecule has 0 amide bonds. The summed E-state index contributed by atoms with van der Waals surface area (Å²) in [4.78, 5) is 169. The summed E-state index contributed by atoms with van der Waals surface area (Å²) in [5.74, 6) is -1.49. The normalized spacial score (nSPS) is 30.7. The highest BCUT2D eigenvalue weighted by Gasteiger charge is 2.53. The number of fused-ring (bicyclic) bond motifs is 3. The lowest BCUT2D eigenvalue weighted by molar-refractivity contribution is -0.0596. The van der Waals surface area contributed by atoms with Crippen molar-refractivity contribution in [3.8, 4) is 0 Å². The maximum absolute atomic E-state index is 14.5. The van der Waals surface area contributed by atoms with Gasteiger partial charge in [0.15, 0.2) is 17.5 Å². The first-order valence-electron chi connectivity index (χ1n) is 36.0. The van der Waals surface area contributed by atoms with Gasteiger partial charge in [0.2, 0.25) is 17.8 Å². The molecule has 6 aromatic rings. The Morgan fingerprint density at radius 1 is 0.375 bits per heavy atom. The maximum Gasteiger partial charge on any atom is 0.472 e. The molecule has 0 bridgehead atoms. The number of phosphoric acid groups is 5. The lowest BCUT2D eigenvalue weighted by atomic mass is 10.2. The van der Waals surface area contributed by atoms with Crippen molar-refractivity contribution in [1.82, 2.24) is 58.6 Å². The van der Waals surface area contributed by atoms with Crippen LogP contribution in [0.25, 0.3) is 0 Å². The predicted octanol–water partition coefficient (Wildman–Crippen LogP) is -4.76. The number of anilines is 12. The van der Waals surface area contributed by atoms with Gasteiger partial charge in [0.1, 0.15) is 139 Å². The van der Waals surface area contributed by atoms with Crippen LogP contribution in [-0.4, -0.2) is 245 Å². The minimum Gasteiger partial charge on any atom is -0.394 e. The van der Waals surface area contributed by atoms with Crippen LogP contribution in [-0.2, 0) is 96.5 Å². The van der Waals surface area contributed by atoms with E-state index in [0.717, 1.165) is 19.9 Å². The molecule has 120 heavy (non-hydrogen) atoms. The molecule has 0 saturated carbocycles. The second-order valence-electron chi connectivity index (χ2n) is 28.0. The molecule has 0 aliphatic carbocycles. The fourth-order valence-corrected chi connectivity index (χ4v) is 19.3. The molecular formula is C57H79N24O34P5. The minimum atomic E-state index is -5.63. The van der Waals surface area contributed by atoms with Crippen molar-refractivity contribution in [3.05, 3.63) is 99.3 Å². The largest absolute Gasteiger partial charge is 0.472 e. The summed E-state index contributed by atoms with van der Waals surface area (Å²) in [5, 5.41) is 29.7. The van der Waals surface area contributed by atoms with E-state index in [0.29, 0.717) is 0 Å². The predicted molar refractivity (Wildman–Crippen MR) is 401 cm³/mol. The average Bonchev–Trinajstić information content (AvgIpc) is 1.64. The number of aliphatic hydroxyl groups excluding tert-OH is 2. The smallest absolute Gasteiger partial charge is 0.394 e. The zero-order valence-electron chi connectivity index (χ0n) is 61.7. The maximum atomic E-state index is 14.5. The standard InChI is InChI=1S/C57H79N24O34P5/c58-34-1-4-76(55(87)67-34)38-8-23(28(13-82)105-38)111-117(92,93)101-17-32-26(11-41(109-32)80-20-65-44-47(80)71-53(62)74-50(44)85)114-120(98,99)103-16-31-25(10-40(108-31)78-6-3-36(60)69-57(78)89)113-118(94,95)104-18-33-27(12-42(110-33)81-21-66-45-48(81)72-54(63)75-51(45)86)115-119(96,97)102-15-30-24(9-39(107-30)77-5-2-35(59)68-56(77)88)112-116(90,91)100-14-29-22(83)7-37(106-29)79-19-64-43-46(79)70-52(61)73-49(43)84/h1-6,22-33,37-42,64-66,82-83H,7-21H2,(H,90,91)(H,92,93)(H,94,95)(H,96,97)(H,98,99)(H2,58,67,87)(H2,59,68,88)(H2,60,69,89)(H3,61,70,73,84)(H3,62,71,74,85)(H3,63,72,75,86)/t22-,23-,24-,25-,26-,27-,28+,29+,30+,31+,32+,33+,37+,38+,39+,40+,41+,42+/m0/s1. The average molecular weight is 1800 g/mol. The summed E-state index contributed by atoms with van der Waals surface area (Å²) in [6.07, 6.45) is -25.6. The van der Waals surface area contributed by atoms with Gasteiger partial charge in [-0.3, -0.25) is 88.3 Å². The van der Waals surface area contributed by atoms with E-state index in [9.17, 15) is 86.3 Å². The highest BCUT2D eigenvalue weighted by Crippen LogP contribution is 2.56. The zero-order valence-corrected chi connectivity index (χ0v) is 66.2. The lowest BCUT2D eigenvalue weighted by Gasteiger charge is -2.26. The van der Waals surface area contributed by atoms with E-state index in [-0.39, 0.29) is 103 Å². The summed E-state index contributed by atoms with van der Waals surface area (Å²) < 4.78 is 165. The van der Waals surface area contributed by atoms with E-state index >= 15 is 0 Å². The van der Waals surface area contributed by atoms with Gasteiger partial charge in [0, 0.05) is 57.1 Å². The number of hydrogen-bond acceptors (Lipinski definition) is 47. The van der Waals surface area contributed by atoms with Gasteiger partial charge in [-0.15, -0.1) is 0 Å². The van der Waals surface area contributed by atoms with Gasteiger partial charge in [-0.25, -0.2) is 37.2 Å². The summed E-state index contributed by atoms with van der Waals surface area (Å²) >= 11 is 0. The van der Waals surface area contributed by atoms with Crippen molar-refractivity contribution in [2.24, 2.45) is 0 Å². The molecule has 6 fully saturated rings. The summed E-state index contributed by atoms with van der Waals surface area (Å²) in [6, 6.07) is 3.68. The van der Waals surface area contributed by atoms with E-state index < -0.39 is 249 Å². The van der Waals surface area contributed by atoms with Gasteiger partial charge in [0.05, 0.1) is 65.8 Å². The Hall–Kier alpha value is -8.89. The summed E-state index contributed by atoms with van der Waals surface area (Å²) in [5.41, 5.74) is 29.7. The second-order valence-corrected chi connectivity index (χ2v) is 35.0. The van der Waals surface area contributed by atoms with Gasteiger partial charge >= 0.3 is 56.2 Å². The summed E-state index contributed by atoms with van der Waals surface area (Å²) in [7, 11) is -27.4. The molecule has 0 aromatic carbocycles. The van der Waals surface area contributed by atoms with E-state index in [1.807, 2.05) is 0 Å². The first kappa shape index (κ1) is 86.1. The van der Waals surface area contributed by atoms with Crippen LogP contribution in [0.5, 0.6) is 0 Å². The highest BCUT2D eigenvalue weighted by atomic mass is 31.2. The molecule has 15 heterocycles. The van der Waals surface area contributed by atoms with E-state index in [1.54, 1.807) is 0 Å². The Morgan fingerprint density at radius 2 is 0.625 bits per heavy atom. The van der Waals surface area contributed by atoms with Crippen molar-refractivity contribution >= 4 is 109 Å². The molecule has 15 rings (SSSR count). The second kappa shape index (κ2) is 34.1. The van der Waals surface area contributed by atoms with E-state index in [2.05, 4.69) is 60.8 Å². The molecule has 58 nitrogen and oxygen atoms in total. The van der Waals surface area contributed by atoms with Crippen LogP contribution < -0.4 is 98.8 Å². The minimum absolute atomic E-state index is 0.00288. The van der Waals surface area contributed by atoms with Gasteiger partial charge < -0.3 is 128 Å². The molecule has 0 radical (unpaired) electrons. The van der Waals surface area contributed by atoms with Crippen LogP contribution in [0.1, 0.15) is 57.2 Å². The van der Waals surface area contributed by atoms with Gasteiger partial charge in [-0.2, -0.15) is 29.9 Å². The van der Waals surface area contributed by atoms with Crippen molar-refractivity contribution in [2.45, 2.75) is 149 Å². The molecule has 9 aliphatic heterocycles. The number of nitrogen functional groups attached to an aromatic ring is 6. The van der Waals surface area contributed by atoms with Crippen molar-refractivity contribution in [2.75, 3.05) is 125 Å². The SMILES string of the molecule is Nc1ccn([C@H]2C[C@H](OP(=O)(O)OC[C@H]3O[C@@H](N4CNc5c4nc(N)[nH]c5=O)C[C@@H]3OP(=O)(O)OC[C@H]3O[C@@H](n4ccc(N)nc4=O)C[C@@H]3OP(=O)(O)OC[C@H]3O[C@@H](N4CNc5c4nc(N)[nH]c5=O)C[C@@H]3OP(=O)(O)OC[C@H]3O[C@@H](n4ccc(N)nc4=O)C[C@@H]3OP(=O)(O)OC[C@H]3O[C@@H](N4CNc5c4nc(N)[nH]c5=O)C[C@@H]3O)[C@@H](CO)O2)c(=O)n1. The topological polar surface area (TPSA) is 818 Å². The van der Waals surface area contributed by atoms with E-state index in [1.165, 1.54) is 45.3 Å². The number of phosphoric ester groups is 5. The van der Waals surface area contributed by atoms with Crippen LogP contribution in [0.15, 0.2) is 65.6 Å². The van der Waals surface area contributed by atoms with Gasteiger partial charge in [-0.1, -0.05) is 0 Å². The number of aromatic nitrogens is 12. The number of rotatable bonds is 32. The Morgan fingerprint density at radius 3 is 0.917 bits per heavy atom. The van der Waals surface area contributed by atoms with Crippen molar-refractivity contribution in [1.29, 1.82) is 0 Å². The molecule has 63 heteroatoms. The van der Waals surface area contributed by atoms with Crippen LogP contribution in [0.3, 0.4) is 0 Å². The fraction of sp³-hybridized carbons (Fsp3) is 0.579. The molecule has 9 aliphatic rings. The van der Waals surface area contributed by atoms with Crippen LogP contribution >= 0.6 is 39.1 Å². The Labute approximate surface area is 669 Å². The third kappa shape index (κ3) is 19.1. The third-order valence-corrected chi connectivity index (χ3v) is 25.1. The van der Waals surface area contributed by atoms with Gasteiger partial charge in [-0.05, 0) is 18.2 Å². The first-order valence-corrected chi connectivity index (χ1v) is 43.5. The lowest BCUT2D eigenvalue weighted by Crippen LogP contribution is -2.36. The summed E-state index contributed by atoms with van der Waals surface area (Å²) in [6.45, 7) is -6.26. The number of H-pyrrole nitrogens is 3. The molecule has 23 atom stereocenters. The molecule has 656 valence electrons. The van der Waals surface area contributed by atoms with Crippen LogP contribution in [0, 0.1) is 0 Å². The van der Waals surface area contributed by atoms with Crippen molar-refractivity contribution < 1.29 is 131 Å². The Balaban J connectivity index is 0.625. The fourth-order valence-electron chi connectivity index (χ4n) is 14.5. The van der Waals surface area contributed by atoms with E-state index in [4.69, 9.17) is 108 Å². The number of nitrogens with two attached hydrogens (primary N) is 6. The monoisotopic (exact) mass is 1800 g/mol. The number of nitrogens with one attached hydrogen (secondary N) is 6. The number of ether oxygens (including phenoxy) is 6. The van der Waals surface area contributed by atoms with Crippen LogP contribution in [0.4, 0.5) is 69.8 Å². The third-order valence-electron chi connectivity index (χ3n) is 20.0. The molecular weight excluding hydrogens is 1720 g/mol. The van der Waals surface area contributed by atoms with Crippen LogP contribution in [0.2, 0.25) is 0 Å². The number of hydrogen-bond donors (Lipinski definition) is 19. The van der Waals surface area contributed by atoms with Crippen molar-refractivity contribution in [3.63, 3.8) is 0 Å². The Bertz CT molecular complexity index is 5510. The molecule has 25 N–H and O–H groups in total. The first-order chi connectivity index (χ1) is 56.8. The number of aliphatic hydroxyl groups is 2. The number of nitrogens with zero attached hydrogens (tertiary/aromatic N) is 12.